The van der Waals surface area contributed by atoms with E-state index in [4.69, 9.17) is 0 Å². The minimum absolute atomic E-state index is 0.305. The maximum atomic E-state index is 10.5. The first-order chi connectivity index (χ1) is 8.54. The highest BCUT2D eigenvalue weighted by Crippen LogP contribution is 2.45. The lowest BCUT2D eigenvalue weighted by Gasteiger charge is -2.32. The second-order valence-corrected chi connectivity index (χ2v) is 5.77. The first kappa shape index (κ1) is 13.1. The van der Waals surface area contributed by atoms with E-state index >= 15 is 0 Å². The van der Waals surface area contributed by atoms with Crippen LogP contribution in [0.3, 0.4) is 0 Å². The molecule has 1 saturated carbocycles. The van der Waals surface area contributed by atoms with Crippen molar-refractivity contribution in [2.75, 3.05) is 0 Å². The van der Waals surface area contributed by atoms with Gasteiger partial charge < -0.3 is 5.11 Å². The maximum Gasteiger partial charge on any atom is 0.122 e. The molecule has 1 N–H and O–H groups in total. The largest absolute Gasteiger partial charge is 0.507 e. The Kier molecular flexibility index (Phi) is 3.74. The number of aliphatic imine (C=N–C) groups is 1. The highest BCUT2D eigenvalue weighted by Gasteiger charge is 2.28. The van der Waals surface area contributed by atoms with Crippen molar-refractivity contribution in [2.24, 2.45) is 10.9 Å². The van der Waals surface area contributed by atoms with E-state index in [2.05, 4.69) is 32.5 Å². The molecule has 0 aliphatic heterocycles. The fourth-order valence-electron chi connectivity index (χ4n) is 2.74. The highest BCUT2D eigenvalue weighted by molar-refractivity contribution is 5.57. The number of aromatic hydroxyl groups is 1. The van der Waals surface area contributed by atoms with Crippen LogP contribution in [-0.4, -0.2) is 11.8 Å². The second-order valence-electron chi connectivity index (χ2n) is 5.77. The smallest absolute Gasteiger partial charge is 0.122 e. The monoisotopic (exact) mass is 245 g/mol. The van der Waals surface area contributed by atoms with Gasteiger partial charge in [-0.3, -0.25) is 4.99 Å². The van der Waals surface area contributed by atoms with Crippen LogP contribution in [0.5, 0.6) is 5.75 Å². The van der Waals surface area contributed by atoms with Gasteiger partial charge in [-0.15, -0.1) is 0 Å². The topological polar surface area (TPSA) is 32.6 Å². The molecule has 1 aromatic rings. The van der Waals surface area contributed by atoms with Crippen molar-refractivity contribution >= 4 is 12.4 Å². The first-order valence-corrected chi connectivity index (χ1v) is 6.88. The molecule has 0 bridgehead atoms. The Labute approximate surface area is 110 Å². The van der Waals surface area contributed by atoms with Crippen molar-refractivity contribution in [3.05, 3.63) is 23.3 Å². The van der Waals surface area contributed by atoms with Crippen molar-refractivity contribution < 1.29 is 5.11 Å². The van der Waals surface area contributed by atoms with E-state index in [9.17, 15) is 5.11 Å². The number of hydrogen-bond donors (Lipinski definition) is 1. The molecular formula is C16H23NO. The molecular weight excluding hydrogens is 222 g/mol. The molecule has 2 nitrogen and oxygen atoms in total. The minimum Gasteiger partial charge on any atom is -0.507 e. The third-order valence-electron chi connectivity index (χ3n) is 4.31. The van der Waals surface area contributed by atoms with Gasteiger partial charge in [-0.05, 0) is 60.6 Å². The van der Waals surface area contributed by atoms with Crippen molar-refractivity contribution in [1.29, 1.82) is 0 Å². The third kappa shape index (κ3) is 2.29. The summed E-state index contributed by atoms with van der Waals surface area (Å²) in [6.45, 7) is 10.0. The van der Waals surface area contributed by atoms with Crippen LogP contribution in [0.1, 0.15) is 63.0 Å². The van der Waals surface area contributed by atoms with Gasteiger partial charge in [0.15, 0.2) is 0 Å². The van der Waals surface area contributed by atoms with E-state index in [-0.39, 0.29) is 0 Å². The molecule has 2 rings (SSSR count). The summed E-state index contributed by atoms with van der Waals surface area (Å²) in [6, 6.07) is 3.95. The predicted molar refractivity (Wildman–Crippen MR) is 77.2 cm³/mol. The SMILES string of the molecule is C=Nc1cc(C(C)C)c(O)c([C@H](C)C2CCC2)c1. The van der Waals surface area contributed by atoms with Crippen LogP contribution >= 0.6 is 0 Å². The van der Waals surface area contributed by atoms with Crippen molar-refractivity contribution in [1.82, 2.24) is 0 Å². The molecule has 0 amide bonds. The molecule has 2 heteroatoms. The van der Waals surface area contributed by atoms with Crippen LogP contribution in [0.15, 0.2) is 17.1 Å². The van der Waals surface area contributed by atoms with E-state index < -0.39 is 0 Å². The molecule has 0 spiro atoms. The molecule has 98 valence electrons. The average Bonchev–Trinajstić information content (AvgIpc) is 2.26. The minimum atomic E-state index is 0.305. The van der Waals surface area contributed by atoms with Gasteiger partial charge in [0, 0.05) is 0 Å². The summed E-state index contributed by atoms with van der Waals surface area (Å²) in [7, 11) is 0. The molecule has 0 saturated heterocycles. The van der Waals surface area contributed by atoms with Crippen LogP contribution in [0.2, 0.25) is 0 Å². The van der Waals surface area contributed by atoms with Crippen LogP contribution in [-0.2, 0) is 0 Å². The van der Waals surface area contributed by atoms with Gasteiger partial charge in [-0.2, -0.15) is 0 Å². The normalized spacial score (nSPS) is 17.6. The summed E-state index contributed by atoms with van der Waals surface area (Å²) < 4.78 is 0. The average molecular weight is 245 g/mol. The molecule has 1 fully saturated rings. The van der Waals surface area contributed by atoms with E-state index in [1.165, 1.54) is 19.3 Å². The summed E-state index contributed by atoms with van der Waals surface area (Å²) in [4.78, 5) is 4.04. The third-order valence-corrected chi connectivity index (χ3v) is 4.31. The number of hydrogen-bond acceptors (Lipinski definition) is 2. The van der Waals surface area contributed by atoms with Gasteiger partial charge in [-0.1, -0.05) is 27.2 Å². The lowest BCUT2D eigenvalue weighted by Crippen LogP contribution is -2.18. The Morgan fingerprint density at radius 1 is 1.22 bits per heavy atom. The molecule has 0 heterocycles. The van der Waals surface area contributed by atoms with E-state index in [0.29, 0.717) is 17.6 Å². The summed E-state index contributed by atoms with van der Waals surface area (Å²) >= 11 is 0. The number of phenols is 1. The van der Waals surface area contributed by atoms with Crippen LogP contribution in [0.4, 0.5) is 5.69 Å². The lowest BCUT2D eigenvalue weighted by molar-refractivity contribution is 0.268. The van der Waals surface area contributed by atoms with Crippen LogP contribution in [0.25, 0.3) is 0 Å². The zero-order valence-electron chi connectivity index (χ0n) is 11.6. The van der Waals surface area contributed by atoms with E-state index in [1.807, 2.05) is 12.1 Å². The second kappa shape index (κ2) is 5.13. The standard InChI is InChI=1S/C16H23NO/c1-10(2)14-8-13(17-4)9-15(16(14)18)11(3)12-6-5-7-12/h8-12,18H,4-7H2,1-3H3/t11-/m1/s1. The Bertz CT molecular complexity index is 447. The van der Waals surface area contributed by atoms with Gasteiger partial charge >= 0.3 is 0 Å². The maximum absolute atomic E-state index is 10.5. The number of rotatable bonds is 4. The predicted octanol–water partition coefficient (Wildman–Crippen LogP) is 4.75. The van der Waals surface area contributed by atoms with Crippen LogP contribution < -0.4 is 0 Å². The van der Waals surface area contributed by atoms with E-state index in [0.717, 1.165) is 22.7 Å². The van der Waals surface area contributed by atoms with Crippen molar-refractivity contribution in [3.8, 4) is 5.75 Å². The van der Waals surface area contributed by atoms with Gasteiger partial charge in [-0.25, -0.2) is 0 Å². The van der Waals surface area contributed by atoms with E-state index in [1.54, 1.807) is 0 Å². The highest BCUT2D eigenvalue weighted by atomic mass is 16.3. The van der Waals surface area contributed by atoms with Gasteiger partial charge in [0.1, 0.15) is 5.75 Å². The van der Waals surface area contributed by atoms with Gasteiger partial charge in [0.25, 0.3) is 0 Å². The molecule has 1 aliphatic rings. The molecule has 0 radical (unpaired) electrons. The molecule has 18 heavy (non-hydrogen) atoms. The fourth-order valence-corrected chi connectivity index (χ4v) is 2.74. The Hall–Kier alpha value is -1.31. The zero-order valence-corrected chi connectivity index (χ0v) is 11.6. The van der Waals surface area contributed by atoms with Gasteiger partial charge in [0.2, 0.25) is 0 Å². The van der Waals surface area contributed by atoms with Crippen molar-refractivity contribution in [3.63, 3.8) is 0 Å². The summed E-state index contributed by atoms with van der Waals surface area (Å²) in [5.41, 5.74) is 2.91. The summed E-state index contributed by atoms with van der Waals surface area (Å²) in [5, 5.41) is 10.5. The Balaban J connectivity index is 2.44. The summed E-state index contributed by atoms with van der Waals surface area (Å²) in [5.74, 6) is 1.91. The number of nitrogens with zero attached hydrogens (tertiary/aromatic N) is 1. The number of benzene rings is 1. The summed E-state index contributed by atoms with van der Waals surface area (Å²) in [6.07, 6.45) is 3.89. The Morgan fingerprint density at radius 3 is 2.28 bits per heavy atom. The molecule has 0 unspecified atom stereocenters. The molecule has 1 aromatic carbocycles. The Morgan fingerprint density at radius 2 is 1.83 bits per heavy atom. The zero-order chi connectivity index (χ0) is 13.3. The molecule has 1 atom stereocenters. The molecule has 1 aliphatic carbocycles. The van der Waals surface area contributed by atoms with Crippen molar-refractivity contribution in [2.45, 2.75) is 51.9 Å². The lowest BCUT2D eigenvalue weighted by atomic mass is 9.73. The van der Waals surface area contributed by atoms with Gasteiger partial charge in [0.05, 0.1) is 5.69 Å². The quantitative estimate of drug-likeness (QED) is 0.763. The van der Waals surface area contributed by atoms with Crippen LogP contribution in [0, 0.1) is 5.92 Å². The number of phenolic OH excluding ortho intramolecular Hbond substituents is 1. The molecule has 0 aromatic heterocycles. The fraction of sp³-hybridized carbons (Fsp3) is 0.562. The first-order valence-electron chi connectivity index (χ1n) is 6.88.